The van der Waals surface area contributed by atoms with Crippen molar-refractivity contribution in [1.29, 1.82) is 0 Å². The number of aromatic hydroxyl groups is 1. The molecule has 0 unspecified atom stereocenters. The Morgan fingerprint density at radius 2 is 2.06 bits per heavy atom. The zero-order chi connectivity index (χ0) is 12.1. The van der Waals surface area contributed by atoms with Gasteiger partial charge in [0.2, 0.25) is 0 Å². The van der Waals surface area contributed by atoms with E-state index in [0.29, 0.717) is 17.1 Å². The maximum atomic E-state index is 10.8. The molecule has 0 fully saturated rings. The number of phenols is 1. The van der Waals surface area contributed by atoms with Crippen LogP contribution in [0.25, 0.3) is 0 Å². The molecular formula is C11H12O4S. The zero-order valence-electron chi connectivity index (χ0n) is 9.02. The summed E-state index contributed by atoms with van der Waals surface area (Å²) < 4.78 is 4.87. The van der Waals surface area contributed by atoms with E-state index in [2.05, 4.69) is 0 Å². The molecule has 5 heteroatoms. The Kier molecular flexibility index (Phi) is 4.37. The SMILES string of the molecule is CC(=O)Oc1ccc(O)c(CSC(C)=O)c1. The number of carbonyl (C=O) groups excluding carboxylic acids is 2. The second-order valence-electron chi connectivity index (χ2n) is 3.16. The smallest absolute Gasteiger partial charge is 0.308 e. The van der Waals surface area contributed by atoms with Gasteiger partial charge >= 0.3 is 5.97 Å². The normalized spacial score (nSPS) is 9.88. The van der Waals surface area contributed by atoms with Crippen molar-refractivity contribution in [3.05, 3.63) is 23.8 Å². The predicted molar refractivity (Wildman–Crippen MR) is 61.4 cm³/mol. The first-order valence-corrected chi connectivity index (χ1v) is 5.61. The summed E-state index contributed by atoms with van der Waals surface area (Å²) in [6.07, 6.45) is 0. The first kappa shape index (κ1) is 12.6. The molecule has 0 aromatic heterocycles. The fourth-order valence-electron chi connectivity index (χ4n) is 1.09. The minimum Gasteiger partial charge on any atom is -0.508 e. The van der Waals surface area contributed by atoms with E-state index in [1.54, 1.807) is 6.07 Å². The molecule has 0 saturated heterocycles. The van der Waals surface area contributed by atoms with E-state index in [4.69, 9.17) is 4.74 Å². The van der Waals surface area contributed by atoms with Crippen LogP contribution in [-0.2, 0) is 15.3 Å². The number of thioether (sulfide) groups is 1. The average molecular weight is 240 g/mol. The summed E-state index contributed by atoms with van der Waals surface area (Å²) in [5.74, 6) is 0.390. The van der Waals surface area contributed by atoms with Crippen molar-refractivity contribution in [2.75, 3.05) is 0 Å². The molecule has 0 amide bonds. The monoisotopic (exact) mass is 240 g/mol. The average Bonchev–Trinajstić information content (AvgIpc) is 2.18. The molecule has 0 atom stereocenters. The Morgan fingerprint density at radius 3 is 2.62 bits per heavy atom. The lowest BCUT2D eigenvalue weighted by atomic mass is 10.2. The molecule has 16 heavy (non-hydrogen) atoms. The van der Waals surface area contributed by atoms with Crippen LogP contribution in [0.2, 0.25) is 0 Å². The molecule has 0 radical (unpaired) electrons. The van der Waals surface area contributed by atoms with Gasteiger partial charge in [-0.1, -0.05) is 11.8 Å². The second kappa shape index (κ2) is 5.55. The van der Waals surface area contributed by atoms with Crippen molar-refractivity contribution in [2.45, 2.75) is 19.6 Å². The minimum atomic E-state index is -0.420. The van der Waals surface area contributed by atoms with E-state index in [9.17, 15) is 14.7 Å². The molecule has 1 aromatic rings. The summed E-state index contributed by atoms with van der Waals surface area (Å²) in [5.41, 5.74) is 0.568. The number of hydrogen-bond acceptors (Lipinski definition) is 5. The third-order valence-corrected chi connectivity index (χ3v) is 2.61. The quantitative estimate of drug-likeness (QED) is 0.647. The van der Waals surface area contributed by atoms with Gasteiger partial charge in [0, 0.05) is 25.2 Å². The molecule has 4 nitrogen and oxygen atoms in total. The molecule has 1 N–H and O–H groups in total. The Balaban J connectivity index is 2.81. The predicted octanol–water partition coefficient (Wildman–Crippen LogP) is 2.10. The van der Waals surface area contributed by atoms with E-state index in [-0.39, 0.29) is 10.9 Å². The van der Waals surface area contributed by atoms with Crippen LogP contribution in [0.5, 0.6) is 11.5 Å². The van der Waals surface area contributed by atoms with E-state index in [1.807, 2.05) is 0 Å². The van der Waals surface area contributed by atoms with E-state index in [1.165, 1.54) is 26.0 Å². The Bertz CT molecular complexity index is 414. The largest absolute Gasteiger partial charge is 0.508 e. The highest BCUT2D eigenvalue weighted by Crippen LogP contribution is 2.27. The van der Waals surface area contributed by atoms with Gasteiger partial charge in [-0.2, -0.15) is 0 Å². The summed E-state index contributed by atoms with van der Waals surface area (Å²) >= 11 is 1.09. The molecule has 1 aromatic carbocycles. The third kappa shape index (κ3) is 3.94. The summed E-state index contributed by atoms with van der Waals surface area (Å²) in [4.78, 5) is 21.5. The molecule has 0 bridgehead atoms. The molecule has 0 aliphatic rings. The number of esters is 1. The van der Waals surface area contributed by atoms with Crippen LogP contribution in [0.3, 0.4) is 0 Å². The van der Waals surface area contributed by atoms with Crippen molar-refractivity contribution in [3.63, 3.8) is 0 Å². The van der Waals surface area contributed by atoms with Crippen LogP contribution < -0.4 is 4.74 Å². The summed E-state index contributed by atoms with van der Waals surface area (Å²) in [5, 5.41) is 9.49. The third-order valence-electron chi connectivity index (χ3n) is 1.74. The van der Waals surface area contributed by atoms with Crippen LogP contribution in [0, 0.1) is 0 Å². The maximum Gasteiger partial charge on any atom is 0.308 e. The van der Waals surface area contributed by atoms with Gasteiger partial charge in [-0.05, 0) is 18.2 Å². The van der Waals surface area contributed by atoms with Crippen molar-refractivity contribution < 1.29 is 19.4 Å². The van der Waals surface area contributed by atoms with E-state index in [0.717, 1.165) is 11.8 Å². The van der Waals surface area contributed by atoms with Crippen LogP contribution in [0.15, 0.2) is 18.2 Å². The minimum absolute atomic E-state index is 0.0303. The maximum absolute atomic E-state index is 10.8. The number of carbonyl (C=O) groups is 2. The molecule has 0 aliphatic heterocycles. The van der Waals surface area contributed by atoms with Gasteiger partial charge in [0.1, 0.15) is 11.5 Å². The van der Waals surface area contributed by atoms with Gasteiger partial charge in [-0.25, -0.2) is 0 Å². The first-order chi connectivity index (χ1) is 7.49. The van der Waals surface area contributed by atoms with Crippen LogP contribution >= 0.6 is 11.8 Å². The summed E-state index contributed by atoms with van der Waals surface area (Å²) in [7, 11) is 0. The van der Waals surface area contributed by atoms with Crippen molar-refractivity contribution in [1.82, 2.24) is 0 Å². The van der Waals surface area contributed by atoms with Crippen LogP contribution in [0.4, 0.5) is 0 Å². The number of phenolic OH excluding ortho intramolecular Hbond substituents is 1. The van der Waals surface area contributed by atoms with Crippen LogP contribution in [-0.4, -0.2) is 16.2 Å². The van der Waals surface area contributed by atoms with Gasteiger partial charge in [-0.3, -0.25) is 9.59 Å². The van der Waals surface area contributed by atoms with Gasteiger partial charge < -0.3 is 9.84 Å². The Hall–Kier alpha value is -1.49. The number of hydrogen-bond donors (Lipinski definition) is 1. The molecule has 86 valence electrons. The van der Waals surface area contributed by atoms with Gasteiger partial charge in [-0.15, -0.1) is 0 Å². The molecule has 0 spiro atoms. The lowest BCUT2D eigenvalue weighted by Gasteiger charge is -2.06. The molecule has 0 heterocycles. The fraction of sp³-hybridized carbons (Fsp3) is 0.273. The van der Waals surface area contributed by atoms with Gasteiger partial charge in [0.15, 0.2) is 5.12 Å². The lowest BCUT2D eigenvalue weighted by Crippen LogP contribution is -2.01. The van der Waals surface area contributed by atoms with Crippen LogP contribution in [0.1, 0.15) is 19.4 Å². The van der Waals surface area contributed by atoms with Gasteiger partial charge in [0.25, 0.3) is 0 Å². The molecule has 0 saturated carbocycles. The summed E-state index contributed by atoms with van der Waals surface area (Å²) in [6.45, 7) is 2.76. The number of benzene rings is 1. The van der Waals surface area contributed by atoms with E-state index >= 15 is 0 Å². The Morgan fingerprint density at radius 1 is 1.38 bits per heavy atom. The summed E-state index contributed by atoms with van der Waals surface area (Å²) in [6, 6.07) is 4.49. The number of ether oxygens (including phenoxy) is 1. The van der Waals surface area contributed by atoms with Crippen molar-refractivity contribution in [2.24, 2.45) is 0 Å². The first-order valence-electron chi connectivity index (χ1n) is 4.62. The van der Waals surface area contributed by atoms with Crippen molar-refractivity contribution in [3.8, 4) is 11.5 Å². The van der Waals surface area contributed by atoms with E-state index < -0.39 is 5.97 Å². The molecule has 0 aliphatic carbocycles. The highest BCUT2D eigenvalue weighted by atomic mass is 32.2. The van der Waals surface area contributed by atoms with Gasteiger partial charge in [0.05, 0.1) is 0 Å². The second-order valence-corrected chi connectivity index (χ2v) is 4.32. The lowest BCUT2D eigenvalue weighted by molar-refractivity contribution is -0.131. The standard InChI is InChI=1S/C11H12O4S/c1-7(12)15-10-3-4-11(14)9(5-10)6-16-8(2)13/h3-5,14H,6H2,1-2H3. The zero-order valence-corrected chi connectivity index (χ0v) is 9.84. The van der Waals surface area contributed by atoms with Crippen molar-refractivity contribution >= 4 is 22.8 Å². The molecule has 1 rings (SSSR count). The highest BCUT2D eigenvalue weighted by molar-refractivity contribution is 8.12. The fourth-order valence-corrected chi connectivity index (χ4v) is 1.68. The topological polar surface area (TPSA) is 63.6 Å². The number of rotatable bonds is 3. The molecular weight excluding hydrogens is 228 g/mol. The highest BCUT2D eigenvalue weighted by Gasteiger charge is 2.06. The Labute approximate surface area is 97.6 Å².